The fourth-order valence-corrected chi connectivity index (χ4v) is 2.56. The maximum absolute atomic E-state index is 12.2. The van der Waals surface area contributed by atoms with E-state index in [0.717, 1.165) is 24.2 Å². The minimum absolute atomic E-state index is 0.0549. The van der Waals surface area contributed by atoms with Gasteiger partial charge in [0, 0.05) is 5.69 Å². The summed E-state index contributed by atoms with van der Waals surface area (Å²) >= 11 is 0. The zero-order chi connectivity index (χ0) is 13.8. The van der Waals surface area contributed by atoms with Gasteiger partial charge in [0.25, 0.3) is 5.91 Å². The van der Waals surface area contributed by atoms with Crippen LogP contribution in [0.2, 0.25) is 0 Å². The Kier molecular flexibility index (Phi) is 4.56. The van der Waals surface area contributed by atoms with E-state index in [1.807, 2.05) is 18.0 Å². The predicted molar refractivity (Wildman–Crippen MR) is 76.6 cm³/mol. The van der Waals surface area contributed by atoms with Crippen molar-refractivity contribution in [2.24, 2.45) is 0 Å². The highest BCUT2D eigenvalue weighted by Crippen LogP contribution is 2.26. The number of carbonyl (C=O) groups excluding carboxylic acids is 1. The van der Waals surface area contributed by atoms with Crippen LogP contribution in [0, 0.1) is 13.8 Å². The number of carbonyl (C=O) groups is 1. The van der Waals surface area contributed by atoms with Crippen LogP contribution in [0.5, 0.6) is 0 Å². The fourth-order valence-electron chi connectivity index (χ4n) is 2.56. The second-order valence-electron chi connectivity index (χ2n) is 5.11. The lowest BCUT2D eigenvalue weighted by molar-refractivity contribution is -0.127. The van der Waals surface area contributed by atoms with E-state index in [4.69, 9.17) is 4.74 Å². The van der Waals surface area contributed by atoms with Gasteiger partial charge >= 0.3 is 0 Å². The third-order valence-electron chi connectivity index (χ3n) is 3.51. The van der Waals surface area contributed by atoms with E-state index in [-0.39, 0.29) is 18.6 Å². The van der Waals surface area contributed by atoms with Crippen molar-refractivity contribution < 1.29 is 9.53 Å². The molecule has 4 heteroatoms. The molecule has 1 fully saturated rings. The van der Waals surface area contributed by atoms with Gasteiger partial charge in [-0.15, -0.1) is 0 Å². The minimum Gasteiger partial charge on any atom is -0.369 e. The van der Waals surface area contributed by atoms with Crippen molar-refractivity contribution in [3.8, 4) is 0 Å². The number of hydrogen-bond donors (Lipinski definition) is 1. The second kappa shape index (κ2) is 6.17. The molecule has 0 spiro atoms. The van der Waals surface area contributed by atoms with Gasteiger partial charge in [-0.2, -0.15) is 0 Å². The summed E-state index contributed by atoms with van der Waals surface area (Å²) in [7, 11) is 1.92. The standard InChI is InChI=1S/C15H22N2O2/c1-11-4-5-14(12(2)8-11)17-13(6-7-16-3)9-19-10-15(17)18/h4-5,8,13,16H,6-7,9-10H2,1-3H3. The summed E-state index contributed by atoms with van der Waals surface area (Å²) in [6.07, 6.45) is 0.898. The largest absolute Gasteiger partial charge is 0.369 e. The Hall–Kier alpha value is -1.39. The van der Waals surface area contributed by atoms with E-state index in [1.54, 1.807) is 0 Å². The van der Waals surface area contributed by atoms with Crippen molar-refractivity contribution in [1.82, 2.24) is 5.32 Å². The molecule has 1 N–H and O–H groups in total. The van der Waals surface area contributed by atoms with Crippen LogP contribution in [0.3, 0.4) is 0 Å². The van der Waals surface area contributed by atoms with E-state index in [1.165, 1.54) is 5.56 Å². The molecule has 0 aliphatic carbocycles. The Bertz CT molecular complexity index is 459. The summed E-state index contributed by atoms with van der Waals surface area (Å²) in [5, 5.41) is 3.13. The third kappa shape index (κ3) is 3.14. The van der Waals surface area contributed by atoms with Gasteiger partial charge < -0.3 is 15.0 Å². The topological polar surface area (TPSA) is 41.6 Å². The zero-order valence-electron chi connectivity index (χ0n) is 11.9. The van der Waals surface area contributed by atoms with Crippen molar-refractivity contribution >= 4 is 11.6 Å². The first-order valence-corrected chi connectivity index (χ1v) is 6.75. The lowest BCUT2D eigenvalue weighted by Crippen LogP contribution is -2.50. The van der Waals surface area contributed by atoms with Gasteiger partial charge in [-0.25, -0.2) is 0 Å². The molecule has 2 rings (SSSR count). The van der Waals surface area contributed by atoms with Crippen molar-refractivity contribution in [3.63, 3.8) is 0 Å². The molecule has 1 aromatic carbocycles. The molecule has 0 aromatic heterocycles. The van der Waals surface area contributed by atoms with Gasteiger partial charge in [0.1, 0.15) is 6.61 Å². The summed E-state index contributed by atoms with van der Waals surface area (Å²) in [4.78, 5) is 14.1. The summed E-state index contributed by atoms with van der Waals surface area (Å²) < 4.78 is 5.39. The third-order valence-corrected chi connectivity index (χ3v) is 3.51. The van der Waals surface area contributed by atoms with Crippen LogP contribution in [-0.2, 0) is 9.53 Å². The second-order valence-corrected chi connectivity index (χ2v) is 5.11. The minimum atomic E-state index is 0.0549. The van der Waals surface area contributed by atoms with Gasteiger partial charge in [-0.05, 0) is 45.5 Å². The average Bonchev–Trinajstić information content (AvgIpc) is 2.37. The van der Waals surface area contributed by atoms with E-state index in [9.17, 15) is 4.79 Å². The number of nitrogens with one attached hydrogen (secondary N) is 1. The number of ether oxygens (including phenoxy) is 1. The normalized spacial score (nSPS) is 19.8. The van der Waals surface area contributed by atoms with Crippen LogP contribution < -0.4 is 10.2 Å². The van der Waals surface area contributed by atoms with Crippen LogP contribution in [-0.4, -0.2) is 38.8 Å². The van der Waals surface area contributed by atoms with Crippen LogP contribution in [0.15, 0.2) is 18.2 Å². The molecule has 1 saturated heterocycles. The number of rotatable bonds is 4. The first-order chi connectivity index (χ1) is 9.13. The Labute approximate surface area is 114 Å². The van der Waals surface area contributed by atoms with Crippen LogP contribution in [0.4, 0.5) is 5.69 Å². The molecule has 0 bridgehead atoms. The van der Waals surface area contributed by atoms with E-state index < -0.39 is 0 Å². The van der Waals surface area contributed by atoms with Gasteiger partial charge in [-0.3, -0.25) is 4.79 Å². The van der Waals surface area contributed by atoms with E-state index in [2.05, 4.69) is 31.3 Å². The molecule has 0 saturated carbocycles. The number of morpholine rings is 1. The predicted octanol–water partition coefficient (Wildman–Crippen LogP) is 1.64. The summed E-state index contributed by atoms with van der Waals surface area (Å²) in [6.45, 7) is 5.80. The Morgan fingerprint density at radius 3 is 2.89 bits per heavy atom. The summed E-state index contributed by atoms with van der Waals surface area (Å²) in [6, 6.07) is 6.34. The van der Waals surface area contributed by atoms with E-state index >= 15 is 0 Å². The molecular formula is C15H22N2O2. The molecule has 104 valence electrons. The highest BCUT2D eigenvalue weighted by molar-refractivity contribution is 5.96. The molecule has 1 aromatic rings. The van der Waals surface area contributed by atoms with Crippen molar-refractivity contribution in [2.45, 2.75) is 26.3 Å². The molecule has 1 unspecified atom stereocenters. The first kappa shape index (κ1) is 14.0. The monoisotopic (exact) mass is 262 g/mol. The number of amides is 1. The molecule has 4 nitrogen and oxygen atoms in total. The maximum Gasteiger partial charge on any atom is 0.253 e. The number of benzene rings is 1. The van der Waals surface area contributed by atoms with Gasteiger partial charge in [0.15, 0.2) is 0 Å². The Morgan fingerprint density at radius 1 is 1.42 bits per heavy atom. The molecular weight excluding hydrogens is 240 g/mol. The molecule has 19 heavy (non-hydrogen) atoms. The van der Waals surface area contributed by atoms with Gasteiger partial charge in [-0.1, -0.05) is 17.7 Å². The smallest absolute Gasteiger partial charge is 0.253 e. The Morgan fingerprint density at radius 2 is 2.21 bits per heavy atom. The van der Waals surface area contributed by atoms with Gasteiger partial charge in [0.2, 0.25) is 0 Å². The molecule has 0 radical (unpaired) electrons. The molecule has 1 atom stereocenters. The van der Waals surface area contributed by atoms with Gasteiger partial charge in [0.05, 0.1) is 12.6 Å². The van der Waals surface area contributed by atoms with E-state index in [0.29, 0.717) is 6.61 Å². The number of nitrogens with zero attached hydrogens (tertiary/aromatic N) is 1. The van der Waals surface area contributed by atoms with Crippen LogP contribution in [0.1, 0.15) is 17.5 Å². The lowest BCUT2D eigenvalue weighted by atomic mass is 10.1. The molecule has 1 heterocycles. The number of aryl methyl sites for hydroxylation is 2. The molecule has 1 aliphatic heterocycles. The Balaban J connectivity index is 2.28. The average molecular weight is 262 g/mol. The first-order valence-electron chi connectivity index (χ1n) is 6.75. The highest BCUT2D eigenvalue weighted by Gasteiger charge is 2.30. The fraction of sp³-hybridized carbons (Fsp3) is 0.533. The summed E-state index contributed by atoms with van der Waals surface area (Å²) in [5.41, 5.74) is 3.37. The quantitative estimate of drug-likeness (QED) is 0.897. The van der Waals surface area contributed by atoms with Crippen molar-refractivity contribution in [2.75, 3.05) is 31.7 Å². The van der Waals surface area contributed by atoms with Crippen LogP contribution >= 0.6 is 0 Å². The highest BCUT2D eigenvalue weighted by atomic mass is 16.5. The van der Waals surface area contributed by atoms with Crippen molar-refractivity contribution in [3.05, 3.63) is 29.3 Å². The zero-order valence-corrected chi connectivity index (χ0v) is 11.9. The van der Waals surface area contributed by atoms with Crippen LogP contribution in [0.25, 0.3) is 0 Å². The SMILES string of the molecule is CNCCC1COCC(=O)N1c1ccc(C)cc1C. The lowest BCUT2D eigenvalue weighted by Gasteiger charge is -2.36. The number of hydrogen-bond acceptors (Lipinski definition) is 3. The number of anilines is 1. The summed E-state index contributed by atoms with van der Waals surface area (Å²) in [5.74, 6) is 0.0549. The maximum atomic E-state index is 12.2. The molecule has 1 aliphatic rings. The van der Waals surface area contributed by atoms with Crippen molar-refractivity contribution in [1.29, 1.82) is 0 Å². The molecule has 1 amide bonds.